The molecule has 1 heterocycles. The predicted octanol–water partition coefficient (Wildman–Crippen LogP) is 3.61. The molecule has 6 heteroatoms. The molecule has 1 atom stereocenters. The Morgan fingerprint density at radius 1 is 1.14 bits per heavy atom. The van der Waals surface area contributed by atoms with E-state index in [1.165, 1.54) is 0 Å². The van der Waals surface area contributed by atoms with Gasteiger partial charge in [-0.3, -0.25) is 0 Å². The van der Waals surface area contributed by atoms with Gasteiger partial charge in [0.1, 0.15) is 24.3 Å². The zero-order chi connectivity index (χ0) is 19.9. The van der Waals surface area contributed by atoms with Crippen LogP contribution in [0, 0.1) is 0 Å². The molecule has 0 aliphatic carbocycles. The van der Waals surface area contributed by atoms with E-state index < -0.39 is 6.10 Å². The Labute approximate surface area is 164 Å². The third-order valence-corrected chi connectivity index (χ3v) is 4.41. The second kappa shape index (κ2) is 9.37. The van der Waals surface area contributed by atoms with Gasteiger partial charge in [0.25, 0.3) is 0 Å². The van der Waals surface area contributed by atoms with Crippen molar-refractivity contribution in [3.63, 3.8) is 0 Å². The van der Waals surface area contributed by atoms with Crippen LogP contribution in [0.1, 0.15) is 36.5 Å². The lowest BCUT2D eigenvalue weighted by molar-refractivity contribution is 0.0505. The maximum absolute atomic E-state index is 11.8. The van der Waals surface area contributed by atoms with Gasteiger partial charge in [-0.2, -0.15) is 0 Å². The molecule has 2 aromatic carbocycles. The highest BCUT2D eigenvalue weighted by Gasteiger charge is 2.14. The van der Waals surface area contributed by atoms with E-state index in [-0.39, 0.29) is 12.6 Å². The van der Waals surface area contributed by atoms with E-state index in [0.717, 1.165) is 29.7 Å². The van der Waals surface area contributed by atoms with Gasteiger partial charge in [-0.25, -0.2) is 9.78 Å². The summed E-state index contributed by atoms with van der Waals surface area (Å²) in [6.45, 7) is 4.96. The number of ether oxygens (including phenoxy) is 2. The number of aliphatic hydroxyl groups excluding tert-OH is 1. The van der Waals surface area contributed by atoms with Crippen molar-refractivity contribution >= 4 is 17.0 Å². The van der Waals surface area contributed by atoms with Gasteiger partial charge in [-0.15, -0.1) is 0 Å². The van der Waals surface area contributed by atoms with Crippen LogP contribution in [0.4, 0.5) is 0 Å². The molecular formula is C22H26N2O4. The lowest BCUT2D eigenvalue weighted by Gasteiger charge is -2.15. The average Bonchev–Trinajstić information content (AvgIpc) is 3.08. The lowest BCUT2D eigenvalue weighted by atomic mass is 10.2. The number of aliphatic hydroxyl groups is 1. The molecule has 148 valence electrons. The molecular weight excluding hydrogens is 356 g/mol. The Morgan fingerprint density at radius 3 is 2.61 bits per heavy atom. The van der Waals surface area contributed by atoms with Crippen molar-refractivity contribution < 1.29 is 19.4 Å². The van der Waals surface area contributed by atoms with Crippen molar-refractivity contribution in [2.45, 2.75) is 39.3 Å². The summed E-state index contributed by atoms with van der Waals surface area (Å²) in [4.78, 5) is 16.4. The van der Waals surface area contributed by atoms with Crippen LogP contribution in [0.25, 0.3) is 11.0 Å². The average molecular weight is 382 g/mol. The minimum Gasteiger partial charge on any atom is -0.491 e. The number of fused-ring (bicyclic) bond motifs is 1. The van der Waals surface area contributed by atoms with Gasteiger partial charge in [0.15, 0.2) is 0 Å². The Bertz CT molecular complexity index is 918. The molecule has 0 aliphatic heterocycles. The van der Waals surface area contributed by atoms with Gasteiger partial charge in [0.2, 0.25) is 0 Å². The van der Waals surface area contributed by atoms with E-state index in [4.69, 9.17) is 9.47 Å². The molecule has 3 rings (SSSR count). The smallest absolute Gasteiger partial charge is 0.338 e. The minimum atomic E-state index is -0.683. The number of para-hydroxylation sites is 2. The van der Waals surface area contributed by atoms with Crippen LogP contribution in [0.3, 0.4) is 0 Å². The largest absolute Gasteiger partial charge is 0.491 e. The number of esters is 1. The highest BCUT2D eigenvalue weighted by Crippen LogP contribution is 2.18. The first kappa shape index (κ1) is 19.9. The summed E-state index contributed by atoms with van der Waals surface area (Å²) in [5.74, 6) is 1.19. The molecule has 28 heavy (non-hydrogen) atoms. The normalized spacial score (nSPS) is 12.1. The Morgan fingerprint density at radius 2 is 1.89 bits per heavy atom. The summed E-state index contributed by atoms with van der Waals surface area (Å²) < 4.78 is 12.8. The SMILES string of the molecule is CCCOC(=O)c1ccc(OCC(O)Cn2c(CC)nc3ccccc32)cc1. The Kier molecular flexibility index (Phi) is 6.66. The molecule has 1 N–H and O–H groups in total. The highest BCUT2D eigenvalue weighted by atomic mass is 16.5. The summed E-state index contributed by atoms with van der Waals surface area (Å²) in [6, 6.07) is 14.7. The van der Waals surface area contributed by atoms with Crippen LogP contribution in [0.5, 0.6) is 5.75 Å². The number of imidazole rings is 1. The Hall–Kier alpha value is -2.86. The van der Waals surface area contributed by atoms with Crippen molar-refractivity contribution in [2.75, 3.05) is 13.2 Å². The topological polar surface area (TPSA) is 73.6 Å². The maximum Gasteiger partial charge on any atom is 0.338 e. The molecule has 6 nitrogen and oxygen atoms in total. The molecule has 0 spiro atoms. The van der Waals surface area contributed by atoms with Crippen molar-refractivity contribution in [3.8, 4) is 5.75 Å². The predicted molar refractivity (Wildman–Crippen MR) is 108 cm³/mol. The number of carbonyl (C=O) groups is 1. The van der Waals surface area contributed by atoms with Crippen molar-refractivity contribution in [1.29, 1.82) is 0 Å². The van der Waals surface area contributed by atoms with Gasteiger partial charge in [0.05, 0.1) is 29.7 Å². The molecule has 0 saturated carbocycles. The zero-order valence-corrected chi connectivity index (χ0v) is 16.3. The lowest BCUT2D eigenvalue weighted by Crippen LogP contribution is -2.24. The number of hydrogen-bond acceptors (Lipinski definition) is 5. The fraction of sp³-hybridized carbons (Fsp3) is 0.364. The zero-order valence-electron chi connectivity index (χ0n) is 16.3. The molecule has 0 amide bonds. The van der Waals surface area contributed by atoms with E-state index in [1.807, 2.05) is 42.7 Å². The molecule has 0 aliphatic rings. The summed E-state index contributed by atoms with van der Waals surface area (Å²) in [6.07, 6.45) is 0.895. The summed E-state index contributed by atoms with van der Waals surface area (Å²) >= 11 is 0. The quantitative estimate of drug-likeness (QED) is 0.573. The summed E-state index contributed by atoms with van der Waals surface area (Å²) in [5.41, 5.74) is 2.42. The van der Waals surface area contributed by atoms with Gasteiger partial charge in [-0.1, -0.05) is 26.0 Å². The summed E-state index contributed by atoms with van der Waals surface area (Å²) in [7, 11) is 0. The van der Waals surface area contributed by atoms with E-state index in [1.54, 1.807) is 24.3 Å². The number of aryl methyl sites for hydroxylation is 1. The second-order valence-corrected chi connectivity index (χ2v) is 6.61. The Balaban J connectivity index is 1.59. The molecule has 1 aromatic heterocycles. The van der Waals surface area contributed by atoms with Crippen LogP contribution in [-0.4, -0.2) is 39.9 Å². The van der Waals surface area contributed by atoms with Crippen molar-refractivity contribution in [3.05, 3.63) is 59.9 Å². The van der Waals surface area contributed by atoms with E-state index in [9.17, 15) is 9.90 Å². The third kappa shape index (κ3) is 4.70. The first-order valence-corrected chi connectivity index (χ1v) is 9.64. The number of aromatic nitrogens is 2. The number of nitrogens with zero attached hydrogens (tertiary/aromatic N) is 2. The monoisotopic (exact) mass is 382 g/mol. The molecule has 3 aromatic rings. The fourth-order valence-corrected chi connectivity index (χ4v) is 3.02. The number of hydrogen-bond donors (Lipinski definition) is 1. The molecule has 0 radical (unpaired) electrons. The molecule has 0 fully saturated rings. The van der Waals surface area contributed by atoms with E-state index in [0.29, 0.717) is 24.5 Å². The number of benzene rings is 2. The number of rotatable bonds is 9. The van der Waals surface area contributed by atoms with Crippen LogP contribution < -0.4 is 4.74 Å². The van der Waals surface area contributed by atoms with Crippen LogP contribution >= 0.6 is 0 Å². The third-order valence-electron chi connectivity index (χ3n) is 4.41. The summed E-state index contributed by atoms with van der Waals surface area (Å²) in [5, 5.41) is 10.5. The van der Waals surface area contributed by atoms with Crippen LogP contribution in [0.15, 0.2) is 48.5 Å². The van der Waals surface area contributed by atoms with Gasteiger partial charge in [-0.05, 0) is 42.8 Å². The molecule has 0 bridgehead atoms. The first-order chi connectivity index (χ1) is 13.6. The van der Waals surface area contributed by atoms with Gasteiger partial charge >= 0.3 is 5.97 Å². The van der Waals surface area contributed by atoms with E-state index >= 15 is 0 Å². The van der Waals surface area contributed by atoms with Crippen molar-refractivity contribution in [1.82, 2.24) is 9.55 Å². The first-order valence-electron chi connectivity index (χ1n) is 9.64. The van der Waals surface area contributed by atoms with Crippen LogP contribution in [-0.2, 0) is 17.7 Å². The van der Waals surface area contributed by atoms with E-state index in [2.05, 4.69) is 4.98 Å². The second-order valence-electron chi connectivity index (χ2n) is 6.61. The molecule has 1 unspecified atom stereocenters. The standard InChI is InChI=1S/C22H26N2O4/c1-3-13-27-22(26)16-9-11-18(12-10-16)28-15-17(25)14-24-20-8-6-5-7-19(20)23-21(24)4-2/h5-12,17,25H,3-4,13-15H2,1-2H3. The highest BCUT2D eigenvalue weighted by molar-refractivity contribution is 5.89. The number of carbonyl (C=O) groups excluding carboxylic acids is 1. The fourth-order valence-electron chi connectivity index (χ4n) is 3.02. The van der Waals surface area contributed by atoms with Crippen LogP contribution in [0.2, 0.25) is 0 Å². The molecule has 0 saturated heterocycles. The van der Waals surface area contributed by atoms with Gasteiger partial charge in [0, 0.05) is 6.42 Å². The van der Waals surface area contributed by atoms with Gasteiger partial charge < -0.3 is 19.1 Å². The maximum atomic E-state index is 11.8. The van der Waals surface area contributed by atoms with Crippen molar-refractivity contribution in [2.24, 2.45) is 0 Å². The minimum absolute atomic E-state index is 0.148.